The van der Waals surface area contributed by atoms with E-state index in [1.54, 1.807) is 12.2 Å². The summed E-state index contributed by atoms with van der Waals surface area (Å²) in [5.41, 5.74) is 2.91. The van der Waals surface area contributed by atoms with Gasteiger partial charge in [-0.1, -0.05) is 36.4 Å². The van der Waals surface area contributed by atoms with Crippen LogP contribution in [0.15, 0.2) is 66.9 Å². The number of aryl methyl sites for hydroxylation is 1. The highest BCUT2D eigenvalue weighted by atomic mass is 16.5. The number of carbonyl (C=O) groups is 2. The number of morpholine rings is 1. The number of allylic oxidation sites excluding steroid dienone is 2. The molecule has 1 aliphatic rings. The monoisotopic (exact) mass is 458 g/mol. The summed E-state index contributed by atoms with van der Waals surface area (Å²) in [5.74, 6) is 0.356. The van der Waals surface area contributed by atoms with Crippen molar-refractivity contribution in [2.24, 2.45) is 7.05 Å². The Labute approximate surface area is 200 Å². The average Bonchev–Trinajstić information content (AvgIpc) is 3.23. The number of rotatable bonds is 10. The number of ketones is 2. The van der Waals surface area contributed by atoms with Gasteiger partial charge in [0.25, 0.3) is 0 Å². The zero-order valence-corrected chi connectivity index (χ0v) is 19.5. The van der Waals surface area contributed by atoms with Crippen LogP contribution < -0.4 is 4.74 Å². The Kier molecular flexibility index (Phi) is 8.07. The van der Waals surface area contributed by atoms with Crippen molar-refractivity contribution in [1.82, 2.24) is 9.47 Å². The van der Waals surface area contributed by atoms with Gasteiger partial charge in [0.15, 0.2) is 11.6 Å². The third kappa shape index (κ3) is 6.76. The number of fused-ring (bicyclic) bond motifs is 1. The fraction of sp³-hybridized carbons (Fsp3) is 0.286. The average molecular weight is 459 g/mol. The van der Waals surface area contributed by atoms with Crippen LogP contribution in [0.4, 0.5) is 0 Å². The lowest BCUT2D eigenvalue weighted by Crippen LogP contribution is -2.38. The summed E-state index contributed by atoms with van der Waals surface area (Å²) in [6, 6.07) is 15.6. The highest BCUT2D eigenvalue weighted by Gasteiger charge is 2.09. The Morgan fingerprint density at radius 2 is 1.62 bits per heavy atom. The van der Waals surface area contributed by atoms with E-state index in [2.05, 4.69) is 4.90 Å². The normalized spacial score (nSPS) is 14.9. The molecule has 0 N–H and O–H groups in total. The predicted molar refractivity (Wildman–Crippen MR) is 135 cm³/mol. The molecule has 0 unspecified atom stereocenters. The van der Waals surface area contributed by atoms with Crippen LogP contribution in [0.3, 0.4) is 0 Å². The summed E-state index contributed by atoms with van der Waals surface area (Å²) in [6.07, 6.45) is 8.25. The Bertz CT molecular complexity index is 1180. The summed E-state index contributed by atoms with van der Waals surface area (Å²) in [6.45, 7) is 4.97. The lowest BCUT2D eigenvalue weighted by Gasteiger charge is -2.26. The van der Waals surface area contributed by atoms with Gasteiger partial charge >= 0.3 is 0 Å². The van der Waals surface area contributed by atoms with Crippen molar-refractivity contribution in [1.29, 1.82) is 0 Å². The first-order valence-corrected chi connectivity index (χ1v) is 11.6. The minimum Gasteiger partial charge on any atom is -0.492 e. The molecule has 34 heavy (non-hydrogen) atoms. The van der Waals surface area contributed by atoms with Gasteiger partial charge in [-0.25, -0.2) is 0 Å². The van der Waals surface area contributed by atoms with E-state index in [9.17, 15) is 9.59 Å². The number of hydrogen-bond donors (Lipinski definition) is 0. The van der Waals surface area contributed by atoms with E-state index in [-0.39, 0.29) is 18.0 Å². The first-order valence-electron chi connectivity index (χ1n) is 11.6. The zero-order chi connectivity index (χ0) is 23.8. The van der Waals surface area contributed by atoms with E-state index in [1.165, 1.54) is 12.2 Å². The van der Waals surface area contributed by atoms with Gasteiger partial charge in [-0.15, -0.1) is 0 Å². The van der Waals surface area contributed by atoms with Crippen LogP contribution in [-0.4, -0.2) is 60.5 Å². The molecule has 6 nitrogen and oxygen atoms in total. The van der Waals surface area contributed by atoms with Gasteiger partial charge < -0.3 is 14.0 Å². The van der Waals surface area contributed by atoms with E-state index in [1.807, 2.05) is 66.3 Å². The molecule has 1 saturated heterocycles. The molecule has 1 aliphatic heterocycles. The van der Waals surface area contributed by atoms with Crippen LogP contribution in [0, 0.1) is 0 Å². The summed E-state index contributed by atoms with van der Waals surface area (Å²) in [7, 11) is 1.99. The number of aromatic nitrogens is 1. The topological polar surface area (TPSA) is 60.8 Å². The molecule has 2 aromatic carbocycles. The van der Waals surface area contributed by atoms with Crippen molar-refractivity contribution in [2.45, 2.75) is 6.42 Å². The van der Waals surface area contributed by atoms with E-state index in [0.29, 0.717) is 6.61 Å². The predicted octanol–water partition coefficient (Wildman–Crippen LogP) is 4.14. The van der Waals surface area contributed by atoms with Gasteiger partial charge in [-0.2, -0.15) is 0 Å². The fourth-order valence-corrected chi connectivity index (χ4v) is 3.84. The maximum atomic E-state index is 12.2. The lowest BCUT2D eigenvalue weighted by atomic mass is 10.1. The first kappa shape index (κ1) is 23.7. The minimum absolute atomic E-state index is 0.151. The van der Waals surface area contributed by atoms with Gasteiger partial charge in [-0.05, 0) is 52.9 Å². The third-order valence-corrected chi connectivity index (χ3v) is 5.84. The number of hydrogen-bond acceptors (Lipinski definition) is 5. The van der Waals surface area contributed by atoms with Crippen LogP contribution in [-0.2, 0) is 21.4 Å². The van der Waals surface area contributed by atoms with Crippen LogP contribution in [0.25, 0.3) is 23.1 Å². The van der Waals surface area contributed by atoms with E-state index < -0.39 is 0 Å². The molecule has 176 valence electrons. The number of nitrogens with zero attached hydrogens (tertiary/aromatic N) is 2. The fourth-order valence-electron chi connectivity index (χ4n) is 3.84. The number of ether oxygens (including phenoxy) is 2. The van der Waals surface area contributed by atoms with Crippen molar-refractivity contribution in [3.63, 3.8) is 0 Å². The molecule has 3 aromatic rings. The van der Waals surface area contributed by atoms with Gasteiger partial charge in [-0.3, -0.25) is 14.5 Å². The SMILES string of the molecule is Cn1ccc2ccc(C=CC(=O)CC(=O)C=Cc3ccc(OCCN4CCOCC4)cc3)cc21. The highest BCUT2D eigenvalue weighted by Crippen LogP contribution is 2.18. The second-order valence-corrected chi connectivity index (χ2v) is 8.39. The number of carbonyl (C=O) groups excluding carboxylic acids is 2. The van der Waals surface area contributed by atoms with E-state index in [4.69, 9.17) is 9.47 Å². The van der Waals surface area contributed by atoms with Crippen molar-refractivity contribution in [3.05, 3.63) is 78.0 Å². The van der Waals surface area contributed by atoms with Crippen LogP contribution in [0.5, 0.6) is 5.75 Å². The summed E-state index contributed by atoms with van der Waals surface area (Å²) in [5, 5.41) is 1.15. The number of benzene rings is 2. The zero-order valence-electron chi connectivity index (χ0n) is 19.5. The maximum Gasteiger partial charge on any atom is 0.163 e. The summed E-state index contributed by atoms with van der Waals surface area (Å²) < 4.78 is 13.2. The second-order valence-electron chi connectivity index (χ2n) is 8.39. The third-order valence-electron chi connectivity index (χ3n) is 5.84. The molecule has 6 heteroatoms. The van der Waals surface area contributed by atoms with Gasteiger partial charge in [0.05, 0.1) is 19.6 Å². The van der Waals surface area contributed by atoms with Crippen molar-refractivity contribution in [2.75, 3.05) is 39.5 Å². The molecule has 2 heterocycles. The Hall–Kier alpha value is -3.48. The van der Waals surface area contributed by atoms with Gasteiger partial charge in [0.2, 0.25) is 0 Å². The highest BCUT2D eigenvalue weighted by molar-refractivity contribution is 6.11. The van der Waals surface area contributed by atoms with Crippen molar-refractivity contribution in [3.8, 4) is 5.75 Å². The minimum atomic E-state index is -0.224. The summed E-state index contributed by atoms with van der Waals surface area (Å²) in [4.78, 5) is 26.7. The smallest absolute Gasteiger partial charge is 0.163 e. The Morgan fingerprint density at radius 1 is 0.941 bits per heavy atom. The Balaban J connectivity index is 1.22. The standard InChI is InChI=1S/C28H30N2O4/c1-29-13-12-24-7-2-23(20-28(24)29)4-9-26(32)21-25(31)8-3-22-5-10-27(11-6-22)34-19-16-30-14-17-33-18-15-30/h2-13,20H,14-19,21H2,1H3. The van der Waals surface area contributed by atoms with Crippen molar-refractivity contribution >= 4 is 34.6 Å². The molecule has 0 spiro atoms. The van der Waals surface area contributed by atoms with Crippen molar-refractivity contribution < 1.29 is 19.1 Å². The molecule has 0 saturated carbocycles. The quantitative estimate of drug-likeness (QED) is 0.338. The van der Waals surface area contributed by atoms with Gasteiger partial charge in [0, 0.05) is 38.4 Å². The molecule has 0 amide bonds. The summed E-state index contributed by atoms with van der Waals surface area (Å²) >= 11 is 0. The molecular formula is C28H30N2O4. The molecule has 1 aromatic heterocycles. The molecule has 0 bridgehead atoms. The van der Waals surface area contributed by atoms with Gasteiger partial charge in [0.1, 0.15) is 12.4 Å². The largest absolute Gasteiger partial charge is 0.492 e. The van der Waals surface area contributed by atoms with E-state index in [0.717, 1.165) is 60.6 Å². The molecule has 0 aliphatic carbocycles. The molecule has 0 radical (unpaired) electrons. The van der Waals surface area contributed by atoms with Crippen LogP contribution in [0.2, 0.25) is 0 Å². The lowest BCUT2D eigenvalue weighted by molar-refractivity contribution is -0.121. The molecule has 4 rings (SSSR count). The first-order chi connectivity index (χ1) is 16.6. The van der Waals surface area contributed by atoms with E-state index >= 15 is 0 Å². The van der Waals surface area contributed by atoms with Crippen LogP contribution >= 0.6 is 0 Å². The Morgan fingerprint density at radius 3 is 2.35 bits per heavy atom. The molecule has 1 fully saturated rings. The second kappa shape index (κ2) is 11.6. The maximum absolute atomic E-state index is 12.2. The van der Waals surface area contributed by atoms with Crippen LogP contribution in [0.1, 0.15) is 17.5 Å². The molecular weight excluding hydrogens is 428 g/mol. The molecule has 0 atom stereocenters.